The van der Waals surface area contributed by atoms with Gasteiger partial charge in [0.25, 0.3) is 0 Å². The maximum atomic E-state index is 11.2. The molecule has 4 nitrogen and oxygen atoms in total. The predicted molar refractivity (Wildman–Crippen MR) is 67.9 cm³/mol. The van der Waals surface area contributed by atoms with Gasteiger partial charge < -0.3 is 19.5 Å². The Kier molecular flexibility index (Phi) is 24.4. The fourth-order valence-corrected chi connectivity index (χ4v) is 3.04. The summed E-state index contributed by atoms with van der Waals surface area (Å²) in [6, 6.07) is 0. The molecule has 0 aromatic heterocycles. The Hall–Kier alpha value is 1.69. The van der Waals surface area contributed by atoms with Crippen LogP contribution in [0.2, 0.25) is 0 Å². The first-order valence-corrected chi connectivity index (χ1v) is 7.66. The van der Waals surface area contributed by atoms with Gasteiger partial charge in [0, 0.05) is 0 Å². The van der Waals surface area contributed by atoms with E-state index in [1.807, 2.05) is 0 Å². The summed E-state index contributed by atoms with van der Waals surface area (Å²) in [6.07, 6.45) is 5.05. The fourth-order valence-electron chi connectivity index (χ4n) is 1.83. The SMILES string of the molecule is C=CO.CCCCCC(CC)(CC)P(=O)([O-])[O-].[Na+].[Na+]. The molecular weight excluding hydrogens is 285 g/mol. The van der Waals surface area contributed by atoms with Gasteiger partial charge >= 0.3 is 59.1 Å². The molecule has 0 amide bonds. The summed E-state index contributed by atoms with van der Waals surface area (Å²) < 4.78 is 11.2. The van der Waals surface area contributed by atoms with Crippen LogP contribution in [0.25, 0.3) is 0 Å². The van der Waals surface area contributed by atoms with Crippen molar-refractivity contribution in [1.29, 1.82) is 0 Å². The van der Waals surface area contributed by atoms with Crippen molar-refractivity contribution in [1.82, 2.24) is 0 Å². The van der Waals surface area contributed by atoms with E-state index in [1.165, 1.54) is 0 Å². The molecule has 0 saturated carbocycles. The van der Waals surface area contributed by atoms with Crippen molar-refractivity contribution >= 4 is 7.60 Å². The van der Waals surface area contributed by atoms with E-state index < -0.39 is 12.8 Å². The van der Waals surface area contributed by atoms with Gasteiger partial charge in [-0.1, -0.05) is 54.2 Å². The summed E-state index contributed by atoms with van der Waals surface area (Å²) >= 11 is 0. The maximum Gasteiger partial charge on any atom is 1.00 e. The molecule has 19 heavy (non-hydrogen) atoms. The molecule has 0 radical (unpaired) electrons. The van der Waals surface area contributed by atoms with E-state index in [-0.39, 0.29) is 59.1 Å². The van der Waals surface area contributed by atoms with Gasteiger partial charge in [0.15, 0.2) is 0 Å². The van der Waals surface area contributed by atoms with Crippen molar-refractivity contribution in [2.75, 3.05) is 0 Å². The third kappa shape index (κ3) is 12.0. The number of aliphatic hydroxyl groups excluding tert-OH is 1. The molecule has 0 unspecified atom stereocenters. The van der Waals surface area contributed by atoms with Crippen LogP contribution in [0.1, 0.15) is 59.3 Å². The van der Waals surface area contributed by atoms with Crippen LogP contribution in [0, 0.1) is 0 Å². The molecule has 0 rings (SSSR count). The van der Waals surface area contributed by atoms with Crippen LogP contribution in [0.5, 0.6) is 0 Å². The Morgan fingerprint density at radius 2 is 1.53 bits per heavy atom. The average Bonchev–Trinajstić information content (AvgIpc) is 2.24. The predicted octanol–water partition coefficient (Wildman–Crippen LogP) is -3.26. The Morgan fingerprint density at radius 1 is 1.16 bits per heavy atom. The van der Waals surface area contributed by atoms with E-state index in [4.69, 9.17) is 5.11 Å². The minimum absolute atomic E-state index is 0. The number of unbranched alkanes of at least 4 members (excludes halogenated alkanes) is 2. The summed E-state index contributed by atoms with van der Waals surface area (Å²) in [6.45, 7) is 8.56. The monoisotopic (exact) mass is 310 g/mol. The molecule has 0 atom stereocenters. The Morgan fingerprint density at radius 3 is 1.74 bits per heavy atom. The van der Waals surface area contributed by atoms with Gasteiger partial charge in [-0.3, -0.25) is 0 Å². The van der Waals surface area contributed by atoms with Crippen LogP contribution in [-0.2, 0) is 4.57 Å². The van der Waals surface area contributed by atoms with E-state index in [0.29, 0.717) is 19.3 Å². The fraction of sp³-hybridized carbons (Fsp3) is 0.833. The summed E-state index contributed by atoms with van der Waals surface area (Å²) in [5, 5.41) is 6.35. The van der Waals surface area contributed by atoms with Gasteiger partial charge in [0.1, 0.15) is 0 Å². The van der Waals surface area contributed by atoms with E-state index in [9.17, 15) is 14.4 Å². The molecule has 7 heteroatoms. The second-order valence-electron chi connectivity index (χ2n) is 4.07. The smallest absolute Gasteiger partial charge is 0.810 e. The van der Waals surface area contributed by atoms with E-state index in [0.717, 1.165) is 25.5 Å². The zero-order valence-electron chi connectivity index (χ0n) is 13.1. The zero-order chi connectivity index (χ0) is 13.9. The molecule has 0 aliphatic rings. The van der Waals surface area contributed by atoms with E-state index in [1.54, 1.807) is 13.8 Å². The number of hydrogen-bond acceptors (Lipinski definition) is 4. The van der Waals surface area contributed by atoms with E-state index in [2.05, 4.69) is 13.5 Å². The third-order valence-corrected chi connectivity index (χ3v) is 5.16. The van der Waals surface area contributed by atoms with E-state index >= 15 is 0 Å². The molecule has 0 bridgehead atoms. The van der Waals surface area contributed by atoms with Crippen LogP contribution < -0.4 is 68.9 Å². The maximum absolute atomic E-state index is 11.2. The molecule has 0 aliphatic carbocycles. The van der Waals surface area contributed by atoms with Gasteiger partial charge in [-0.2, -0.15) is 0 Å². The van der Waals surface area contributed by atoms with Crippen molar-refractivity contribution in [3.63, 3.8) is 0 Å². The molecule has 0 saturated heterocycles. The minimum Gasteiger partial charge on any atom is -0.810 e. The molecular formula is C12H25Na2O4P. The molecule has 0 aliphatic heterocycles. The Bertz CT molecular complexity index is 240. The zero-order valence-corrected chi connectivity index (χ0v) is 18.0. The molecule has 0 aromatic rings. The van der Waals surface area contributed by atoms with Crippen molar-refractivity contribution in [2.24, 2.45) is 0 Å². The molecule has 0 heterocycles. The first-order valence-electron chi connectivity index (χ1n) is 6.12. The standard InChI is InChI=1S/C10H23O3P.C2H4O.2Na/c1-4-7-8-9-10(5-2,6-3)14(11,12)13;1-2-3;;/h4-9H2,1-3H3,(H2,11,12,13);2-3H,1H2;;/q;;2*+1/p-2. The van der Waals surface area contributed by atoms with Crippen molar-refractivity contribution in [3.05, 3.63) is 12.8 Å². The van der Waals surface area contributed by atoms with Gasteiger partial charge in [-0.05, 0) is 24.4 Å². The molecule has 1 N–H and O–H groups in total. The molecule has 0 spiro atoms. The number of aliphatic hydroxyl groups is 1. The van der Waals surface area contributed by atoms with Gasteiger partial charge in [0.05, 0.1) is 6.26 Å². The van der Waals surface area contributed by atoms with Crippen LogP contribution in [0.3, 0.4) is 0 Å². The second-order valence-corrected chi connectivity index (χ2v) is 6.01. The summed E-state index contributed by atoms with van der Waals surface area (Å²) in [5.74, 6) is 0. The minimum atomic E-state index is -4.45. The van der Waals surface area contributed by atoms with Crippen LogP contribution in [0.15, 0.2) is 12.8 Å². The summed E-state index contributed by atoms with van der Waals surface area (Å²) in [5.41, 5.74) is 0. The van der Waals surface area contributed by atoms with Crippen LogP contribution in [-0.4, -0.2) is 10.3 Å². The first-order chi connectivity index (χ1) is 7.85. The van der Waals surface area contributed by atoms with Gasteiger partial charge in [0.2, 0.25) is 0 Å². The molecule has 0 aromatic carbocycles. The largest absolute Gasteiger partial charge is 1.00 e. The van der Waals surface area contributed by atoms with Crippen LogP contribution in [0.4, 0.5) is 0 Å². The van der Waals surface area contributed by atoms with Crippen molar-refractivity contribution in [3.8, 4) is 0 Å². The summed E-state index contributed by atoms with van der Waals surface area (Å²) in [7, 11) is -4.45. The Labute approximate surface area is 162 Å². The van der Waals surface area contributed by atoms with Crippen LogP contribution >= 0.6 is 7.60 Å². The van der Waals surface area contributed by atoms with Gasteiger partial charge in [-0.15, -0.1) is 0 Å². The second kappa shape index (κ2) is 16.1. The topological polar surface area (TPSA) is 83.4 Å². The first kappa shape index (κ1) is 28.8. The normalized spacial score (nSPS) is 10.4. The Balaban J connectivity index is -0.000000204. The number of hydrogen-bond donors (Lipinski definition) is 1. The third-order valence-electron chi connectivity index (χ3n) is 3.14. The summed E-state index contributed by atoms with van der Waals surface area (Å²) in [4.78, 5) is 22.4. The quantitative estimate of drug-likeness (QED) is 0.232. The van der Waals surface area contributed by atoms with Gasteiger partial charge in [-0.25, -0.2) is 0 Å². The van der Waals surface area contributed by atoms with Crippen molar-refractivity contribution < 1.29 is 78.6 Å². The molecule has 104 valence electrons. The number of rotatable bonds is 7. The van der Waals surface area contributed by atoms with Crippen molar-refractivity contribution in [2.45, 2.75) is 64.5 Å². The molecule has 0 fully saturated rings. The average molecular weight is 310 g/mol.